The van der Waals surface area contributed by atoms with E-state index < -0.39 is 0 Å². The van der Waals surface area contributed by atoms with E-state index in [2.05, 4.69) is 5.32 Å². The second kappa shape index (κ2) is 5.87. The fourth-order valence-corrected chi connectivity index (χ4v) is 2.07. The van der Waals surface area contributed by atoms with Crippen LogP contribution in [-0.2, 0) is 0 Å². The molecule has 0 amide bonds. The minimum absolute atomic E-state index is 0.108. The predicted octanol–water partition coefficient (Wildman–Crippen LogP) is 2.03. The molecular weight excluding hydrogens is 230 g/mol. The van der Waals surface area contributed by atoms with Crippen molar-refractivity contribution in [3.63, 3.8) is 0 Å². The highest BCUT2D eigenvalue weighted by Crippen LogP contribution is 2.31. The molecule has 1 aromatic rings. The molecule has 1 unspecified atom stereocenters. The van der Waals surface area contributed by atoms with Crippen LogP contribution in [0.5, 0.6) is 11.5 Å². The minimum atomic E-state index is -0.127. The molecule has 1 aromatic carbocycles. The molecule has 0 fully saturated rings. The van der Waals surface area contributed by atoms with Crippen LogP contribution in [0.1, 0.15) is 30.6 Å². The number of Topliss-reactive ketones (excluding diaryl/α,β-unsaturated/α-hetero) is 1. The van der Waals surface area contributed by atoms with Crippen LogP contribution >= 0.6 is 0 Å². The monoisotopic (exact) mass is 249 g/mol. The summed E-state index contributed by atoms with van der Waals surface area (Å²) in [5.74, 6) is 1.49. The molecule has 1 aliphatic heterocycles. The van der Waals surface area contributed by atoms with E-state index in [1.165, 1.54) is 0 Å². The van der Waals surface area contributed by atoms with E-state index in [4.69, 9.17) is 9.47 Å². The van der Waals surface area contributed by atoms with E-state index in [-0.39, 0.29) is 11.8 Å². The zero-order valence-electron chi connectivity index (χ0n) is 10.9. The van der Waals surface area contributed by atoms with Gasteiger partial charge in [0, 0.05) is 5.56 Å². The van der Waals surface area contributed by atoms with Crippen molar-refractivity contribution >= 4 is 5.78 Å². The van der Waals surface area contributed by atoms with E-state index in [9.17, 15) is 4.79 Å². The summed E-state index contributed by atoms with van der Waals surface area (Å²) in [6.07, 6.45) is 0.779. The molecule has 1 heterocycles. The van der Waals surface area contributed by atoms with Gasteiger partial charge in [-0.2, -0.15) is 0 Å². The molecule has 1 atom stereocenters. The summed E-state index contributed by atoms with van der Waals surface area (Å²) in [5, 5.41) is 3.19. The molecule has 4 nitrogen and oxygen atoms in total. The van der Waals surface area contributed by atoms with Crippen LogP contribution < -0.4 is 14.8 Å². The Morgan fingerprint density at radius 1 is 1.28 bits per heavy atom. The van der Waals surface area contributed by atoms with E-state index in [0.717, 1.165) is 13.0 Å². The molecule has 0 spiro atoms. The van der Waals surface area contributed by atoms with E-state index in [0.29, 0.717) is 30.3 Å². The Hall–Kier alpha value is -1.55. The molecule has 1 N–H and O–H groups in total. The van der Waals surface area contributed by atoms with Gasteiger partial charge in [-0.25, -0.2) is 0 Å². The molecule has 4 heteroatoms. The molecule has 0 bridgehead atoms. The lowest BCUT2D eigenvalue weighted by Crippen LogP contribution is -2.36. The van der Waals surface area contributed by atoms with Crippen molar-refractivity contribution in [2.75, 3.05) is 19.8 Å². The molecule has 98 valence electrons. The first-order chi connectivity index (χ1) is 8.76. The van der Waals surface area contributed by atoms with Crippen LogP contribution in [0, 0.1) is 0 Å². The molecule has 1 aliphatic rings. The number of carbonyl (C=O) groups is 1. The molecule has 18 heavy (non-hydrogen) atoms. The smallest absolute Gasteiger partial charge is 0.179 e. The number of ether oxygens (including phenoxy) is 2. The predicted molar refractivity (Wildman–Crippen MR) is 69.5 cm³/mol. The third-order valence-electron chi connectivity index (χ3n) is 3.00. The van der Waals surface area contributed by atoms with Crippen molar-refractivity contribution in [1.29, 1.82) is 0 Å². The maximum absolute atomic E-state index is 12.3. The van der Waals surface area contributed by atoms with Crippen LogP contribution in [0.25, 0.3) is 0 Å². The number of fused-ring (bicyclic) bond motifs is 1. The molecule has 2 rings (SSSR count). The Bertz CT molecular complexity index is 431. The first-order valence-corrected chi connectivity index (χ1v) is 6.43. The summed E-state index contributed by atoms with van der Waals surface area (Å²) in [7, 11) is 0. The number of benzene rings is 1. The fraction of sp³-hybridized carbons (Fsp3) is 0.500. The second-order valence-corrected chi connectivity index (χ2v) is 4.24. The third kappa shape index (κ3) is 2.64. The zero-order chi connectivity index (χ0) is 13.0. The number of carbonyl (C=O) groups excluding carboxylic acids is 1. The van der Waals surface area contributed by atoms with Crippen molar-refractivity contribution in [3.05, 3.63) is 23.8 Å². The number of rotatable bonds is 5. The van der Waals surface area contributed by atoms with Gasteiger partial charge in [-0.1, -0.05) is 13.8 Å². The summed E-state index contributed by atoms with van der Waals surface area (Å²) < 4.78 is 10.9. The number of hydrogen-bond donors (Lipinski definition) is 1. The first-order valence-electron chi connectivity index (χ1n) is 6.43. The summed E-state index contributed by atoms with van der Waals surface area (Å²) >= 11 is 0. The SMILES string of the molecule is CCNC(CC)C(=O)c1ccc2c(c1)OCCO2. The van der Waals surface area contributed by atoms with Crippen LogP contribution in [0.4, 0.5) is 0 Å². The van der Waals surface area contributed by atoms with Crippen LogP contribution in [0.15, 0.2) is 18.2 Å². The molecule has 0 saturated heterocycles. The van der Waals surface area contributed by atoms with Gasteiger partial charge >= 0.3 is 0 Å². The maximum atomic E-state index is 12.3. The summed E-state index contributed by atoms with van der Waals surface area (Å²) in [4.78, 5) is 12.3. The lowest BCUT2D eigenvalue weighted by atomic mass is 10.0. The highest BCUT2D eigenvalue weighted by atomic mass is 16.6. The van der Waals surface area contributed by atoms with Gasteiger partial charge in [-0.05, 0) is 31.2 Å². The van der Waals surface area contributed by atoms with Gasteiger partial charge in [-0.3, -0.25) is 4.79 Å². The fourth-order valence-electron chi connectivity index (χ4n) is 2.07. The lowest BCUT2D eigenvalue weighted by Gasteiger charge is -2.20. The Morgan fingerprint density at radius 3 is 2.67 bits per heavy atom. The average molecular weight is 249 g/mol. The topological polar surface area (TPSA) is 47.6 Å². The molecule has 0 radical (unpaired) electrons. The quantitative estimate of drug-likeness (QED) is 0.811. The van der Waals surface area contributed by atoms with E-state index in [1.807, 2.05) is 13.8 Å². The van der Waals surface area contributed by atoms with Gasteiger partial charge < -0.3 is 14.8 Å². The first kappa shape index (κ1) is 12.9. The van der Waals surface area contributed by atoms with Crippen molar-refractivity contribution in [2.45, 2.75) is 26.3 Å². The van der Waals surface area contributed by atoms with Crippen molar-refractivity contribution in [3.8, 4) is 11.5 Å². The molecule has 0 saturated carbocycles. The minimum Gasteiger partial charge on any atom is -0.486 e. The Morgan fingerprint density at radius 2 is 2.00 bits per heavy atom. The van der Waals surface area contributed by atoms with E-state index >= 15 is 0 Å². The number of nitrogens with one attached hydrogen (secondary N) is 1. The standard InChI is InChI=1S/C14H19NO3/c1-3-11(15-4-2)14(16)10-5-6-12-13(9-10)18-8-7-17-12/h5-6,9,11,15H,3-4,7-8H2,1-2H3. The van der Waals surface area contributed by atoms with Crippen molar-refractivity contribution in [1.82, 2.24) is 5.32 Å². The average Bonchev–Trinajstić information content (AvgIpc) is 2.43. The second-order valence-electron chi connectivity index (χ2n) is 4.24. The lowest BCUT2D eigenvalue weighted by molar-refractivity contribution is 0.0940. The Labute approximate surface area is 107 Å². The van der Waals surface area contributed by atoms with Gasteiger partial charge in [0.1, 0.15) is 13.2 Å². The molecule has 0 aromatic heterocycles. The molecule has 0 aliphatic carbocycles. The van der Waals surface area contributed by atoms with Crippen molar-refractivity contribution < 1.29 is 14.3 Å². The summed E-state index contributed by atoms with van der Waals surface area (Å²) in [6, 6.07) is 5.25. The highest BCUT2D eigenvalue weighted by Gasteiger charge is 2.20. The van der Waals surface area contributed by atoms with Gasteiger partial charge in [0.2, 0.25) is 0 Å². The van der Waals surface area contributed by atoms with Gasteiger partial charge in [0.25, 0.3) is 0 Å². The number of hydrogen-bond acceptors (Lipinski definition) is 4. The summed E-state index contributed by atoms with van der Waals surface area (Å²) in [5.41, 5.74) is 0.673. The van der Waals surface area contributed by atoms with Crippen molar-refractivity contribution in [2.24, 2.45) is 0 Å². The van der Waals surface area contributed by atoms with Gasteiger partial charge in [0.15, 0.2) is 17.3 Å². The normalized spacial score (nSPS) is 15.2. The van der Waals surface area contributed by atoms with Crippen LogP contribution in [0.3, 0.4) is 0 Å². The van der Waals surface area contributed by atoms with Gasteiger partial charge in [-0.15, -0.1) is 0 Å². The number of likely N-dealkylation sites (N-methyl/N-ethyl adjacent to an activating group) is 1. The van der Waals surface area contributed by atoms with Crippen LogP contribution in [0.2, 0.25) is 0 Å². The largest absolute Gasteiger partial charge is 0.486 e. The third-order valence-corrected chi connectivity index (χ3v) is 3.00. The van der Waals surface area contributed by atoms with Crippen LogP contribution in [-0.4, -0.2) is 31.6 Å². The zero-order valence-corrected chi connectivity index (χ0v) is 10.9. The number of ketones is 1. The maximum Gasteiger partial charge on any atom is 0.179 e. The molecular formula is C14H19NO3. The summed E-state index contributed by atoms with van der Waals surface area (Å²) in [6.45, 7) is 5.89. The van der Waals surface area contributed by atoms with Gasteiger partial charge in [0.05, 0.1) is 6.04 Å². The highest BCUT2D eigenvalue weighted by molar-refractivity contribution is 6.00. The Balaban J connectivity index is 2.19. The Kier molecular flexibility index (Phi) is 4.20. The van der Waals surface area contributed by atoms with E-state index in [1.54, 1.807) is 18.2 Å².